The third kappa shape index (κ3) is 4.75. The van der Waals surface area contributed by atoms with Gasteiger partial charge in [0.1, 0.15) is 0 Å². The summed E-state index contributed by atoms with van der Waals surface area (Å²) in [6.45, 7) is 4.34. The Labute approximate surface area is 111 Å². The van der Waals surface area contributed by atoms with E-state index in [9.17, 15) is 5.26 Å². The maximum atomic E-state index is 9.31. The van der Waals surface area contributed by atoms with Crippen LogP contribution in [0, 0.1) is 17.2 Å². The largest absolute Gasteiger partial charge is 0.198 e. The maximum Gasteiger partial charge on any atom is 0.0700 e. The quantitative estimate of drug-likeness (QED) is 0.643. The summed E-state index contributed by atoms with van der Waals surface area (Å²) < 4.78 is 0. The summed E-state index contributed by atoms with van der Waals surface area (Å²) in [7, 11) is 0. The van der Waals surface area contributed by atoms with Gasteiger partial charge < -0.3 is 0 Å². The number of nitrogens with zero attached hydrogens (tertiary/aromatic N) is 1. The summed E-state index contributed by atoms with van der Waals surface area (Å²) in [5.41, 5.74) is 2.51. The van der Waals surface area contributed by atoms with Gasteiger partial charge in [0.2, 0.25) is 0 Å². The lowest BCUT2D eigenvalue weighted by atomic mass is 9.90. The molecule has 0 saturated carbocycles. The highest BCUT2D eigenvalue weighted by Crippen LogP contribution is 2.24. The topological polar surface area (TPSA) is 23.8 Å². The second-order valence-electron chi connectivity index (χ2n) is 4.70. The second kappa shape index (κ2) is 8.53. The van der Waals surface area contributed by atoms with Crippen LogP contribution in [0.3, 0.4) is 0 Å². The zero-order chi connectivity index (χ0) is 13.2. The summed E-state index contributed by atoms with van der Waals surface area (Å²) in [6, 6.07) is 12.8. The molecule has 0 saturated heterocycles. The number of hydrogen-bond acceptors (Lipinski definition) is 1. The molecule has 0 aliphatic heterocycles. The summed E-state index contributed by atoms with van der Waals surface area (Å²) in [6.07, 6.45) is 7.63. The maximum absolute atomic E-state index is 9.31. The molecule has 0 N–H and O–H groups in total. The third-order valence-electron chi connectivity index (χ3n) is 3.15. The van der Waals surface area contributed by atoms with E-state index in [2.05, 4.69) is 38.1 Å². The van der Waals surface area contributed by atoms with Gasteiger partial charge in [-0.15, -0.1) is 0 Å². The molecular formula is C17H23N. The Balaban J connectivity index is 2.90. The molecular weight excluding hydrogens is 218 g/mol. The van der Waals surface area contributed by atoms with Crippen LogP contribution < -0.4 is 0 Å². The lowest BCUT2D eigenvalue weighted by Gasteiger charge is -2.13. The van der Waals surface area contributed by atoms with Crippen molar-refractivity contribution in [3.63, 3.8) is 0 Å². The highest BCUT2D eigenvalue weighted by Gasteiger charge is 2.12. The molecule has 1 aromatic rings. The zero-order valence-electron chi connectivity index (χ0n) is 11.5. The van der Waals surface area contributed by atoms with Crippen LogP contribution in [0.25, 0.3) is 6.08 Å². The van der Waals surface area contributed by atoms with E-state index in [-0.39, 0.29) is 5.92 Å². The molecule has 0 aromatic heterocycles. The number of unbranched alkanes of at least 4 members (excludes halogenated alkanes) is 1. The number of nitriles is 1. The van der Waals surface area contributed by atoms with Gasteiger partial charge in [-0.3, -0.25) is 0 Å². The van der Waals surface area contributed by atoms with Gasteiger partial charge in [-0.05, 0) is 24.8 Å². The van der Waals surface area contributed by atoms with Gasteiger partial charge in [0.05, 0.1) is 12.0 Å². The lowest BCUT2D eigenvalue weighted by molar-refractivity contribution is 0.629. The first-order chi connectivity index (χ1) is 8.81. The molecule has 0 spiro atoms. The van der Waals surface area contributed by atoms with Crippen LogP contribution in [0.5, 0.6) is 0 Å². The van der Waals surface area contributed by atoms with Gasteiger partial charge in [0, 0.05) is 0 Å². The molecule has 0 bridgehead atoms. The summed E-state index contributed by atoms with van der Waals surface area (Å²) >= 11 is 0. The molecule has 1 aromatic carbocycles. The Kier molecular flexibility index (Phi) is 6.87. The molecule has 0 aliphatic rings. The fourth-order valence-electron chi connectivity index (χ4n) is 2.11. The van der Waals surface area contributed by atoms with Gasteiger partial charge in [-0.25, -0.2) is 0 Å². The molecule has 0 heterocycles. The van der Waals surface area contributed by atoms with E-state index >= 15 is 0 Å². The number of benzene rings is 1. The van der Waals surface area contributed by atoms with E-state index in [1.54, 1.807) is 0 Å². The Hall–Kier alpha value is -1.55. The molecule has 0 fully saturated rings. The third-order valence-corrected chi connectivity index (χ3v) is 3.15. The molecule has 1 nitrogen and oxygen atoms in total. The zero-order valence-corrected chi connectivity index (χ0v) is 11.5. The monoisotopic (exact) mass is 241 g/mol. The van der Waals surface area contributed by atoms with Gasteiger partial charge in [0.15, 0.2) is 0 Å². The van der Waals surface area contributed by atoms with Crippen LogP contribution in [0.15, 0.2) is 35.9 Å². The van der Waals surface area contributed by atoms with Crippen LogP contribution in [0.2, 0.25) is 0 Å². The van der Waals surface area contributed by atoms with Crippen molar-refractivity contribution >= 4 is 6.08 Å². The van der Waals surface area contributed by atoms with Crippen LogP contribution in [0.1, 0.15) is 51.5 Å². The van der Waals surface area contributed by atoms with Crippen molar-refractivity contribution in [1.82, 2.24) is 0 Å². The minimum Gasteiger partial charge on any atom is -0.198 e. The van der Waals surface area contributed by atoms with Crippen LogP contribution in [-0.4, -0.2) is 0 Å². The van der Waals surface area contributed by atoms with Crippen LogP contribution in [-0.2, 0) is 0 Å². The fraction of sp³-hybridized carbons (Fsp3) is 0.471. The number of hydrogen-bond donors (Lipinski definition) is 0. The molecule has 0 unspecified atom stereocenters. The van der Waals surface area contributed by atoms with Crippen molar-refractivity contribution in [2.45, 2.75) is 46.0 Å². The average molecular weight is 241 g/mol. The van der Waals surface area contributed by atoms with Gasteiger partial charge in [0.25, 0.3) is 0 Å². The van der Waals surface area contributed by atoms with Crippen molar-refractivity contribution < 1.29 is 0 Å². The van der Waals surface area contributed by atoms with Gasteiger partial charge in [-0.2, -0.15) is 5.26 Å². The minimum atomic E-state index is 0.0850. The molecule has 0 aliphatic carbocycles. The smallest absolute Gasteiger partial charge is 0.0700 e. The van der Waals surface area contributed by atoms with E-state index in [1.165, 1.54) is 24.0 Å². The van der Waals surface area contributed by atoms with Gasteiger partial charge >= 0.3 is 0 Å². The Bertz CT molecular complexity index is 397. The SMILES string of the molecule is CCCC/C(=C\c1ccccc1)[C@H](C#N)CCC. The molecule has 0 radical (unpaired) electrons. The van der Waals surface area contributed by atoms with E-state index in [4.69, 9.17) is 0 Å². The van der Waals surface area contributed by atoms with Crippen molar-refractivity contribution in [2.75, 3.05) is 0 Å². The normalized spacial score (nSPS) is 13.1. The molecule has 1 atom stereocenters. The molecule has 96 valence electrons. The second-order valence-corrected chi connectivity index (χ2v) is 4.70. The predicted molar refractivity (Wildman–Crippen MR) is 78.0 cm³/mol. The first-order valence-corrected chi connectivity index (χ1v) is 6.97. The average Bonchev–Trinajstić information content (AvgIpc) is 2.42. The van der Waals surface area contributed by atoms with Crippen LogP contribution in [0.4, 0.5) is 0 Å². The lowest BCUT2D eigenvalue weighted by Crippen LogP contribution is -2.01. The van der Waals surface area contributed by atoms with E-state index in [0.717, 1.165) is 19.3 Å². The van der Waals surface area contributed by atoms with Crippen molar-refractivity contribution in [3.8, 4) is 6.07 Å². The number of rotatable bonds is 7. The highest BCUT2D eigenvalue weighted by molar-refractivity contribution is 5.54. The summed E-state index contributed by atoms with van der Waals surface area (Å²) in [5, 5.41) is 9.31. The first-order valence-electron chi connectivity index (χ1n) is 6.97. The van der Waals surface area contributed by atoms with Crippen molar-refractivity contribution in [1.29, 1.82) is 5.26 Å². The van der Waals surface area contributed by atoms with Crippen molar-refractivity contribution in [2.24, 2.45) is 5.92 Å². The van der Waals surface area contributed by atoms with Crippen molar-refractivity contribution in [3.05, 3.63) is 41.5 Å². The predicted octanol–water partition coefficient (Wildman–Crippen LogP) is 5.20. The van der Waals surface area contributed by atoms with E-state index < -0.39 is 0 Å². The molecule has 0 amide bonds. The summed E-state index contributed by atoms with van der Waals surface area (Å²) in [4.78, 5) is 0. The van der Waals surface area contributed by atoms with E-state index in [1.807, 2.05) is 18.2 Å². The van der Waals surface area contributed by atoms with Gasteiger partial charge in [-0.1, -0.05) is 68.7 Å². The number of allylic oxidation sites excluding steroid dienone is 1. The fourth-order valence-corrected chi connectivity index (χ4v) is 2.11. The Morgan fingerprint density at radius 3 is 2.50 bits per heavy atom. The Morgan fingerprint density at radius 2 is 1.94 bits per heavy atom. The Morgan fingerprint density at radius 1 is 1.22 bits per heavy atom. The van der Waals surface area contributed by atoms with E-state index in [0.29, 0.717) is 0 Å². The van der Waals surface area contributed by atoms with Crippen LogP contribution >= 0.6 is 0 Å². The standard InChI is InChI=1S/C17H23N/c1-3-5-12-16(17(14-18)9-4-2)13-15-10-7-6-8-11-15/h6-8,10-11,13,17H,3-5,9,12H2,1-2H3/b16-13+/t17-/m0/s1. The highest BCUT2D eigenvalue weighted by atomic mass is 14.3. The minimum absolute atomic E-state index is 0.0850. The molecule has 1 heteroatoms. The molecule has 1 rings (SSSR count). The first kappa shape index (κ1) is 14.5. The summed E-state index contributed by atoms with van der Waals surface area (Å²) in [5.74, 6) is 0.0850. The molecule has 18 heavy (non-hydrogen) atoms.